The highest BCUT2D eigenvalue weighted by atomic mass is 16.4. The number of aliphatic hydroxyl groups is 2. The lowest BCUT2D eigenvalue weighted by Crippen LogP contribution is -2.62. The number of amides is 8. The second kappa shape index (κ2) is 31.3. The molecule has 2 rings (SSSR count). The third kappa shape index (κ3) is 22.9. The number of benzene rings is 2. The lowest BCUT2D eigenvalue weighted by Gasteiger charge is -2.29. The number of aliphatic hydroxyl groups excluding tert-OH is 2. The maximum atomic E-state index is 14.0. The lowest BCUT2D eigenvalue weighted by atomic mass is 9.99. The van der Waals surface area contributed by atoms with Crippen LogP contribution in [0.25, 0.3) is 0 Å². The number of phenols is 2. The number of aromatic hydroxyl groups is 2. The predicted octanol–water partition coefficient (Wildman–Crippen LogP) is -2.88. The second-order valence-corrected chi connectivity index (χ2v) is 19.6. The van der Waals surface area contributed by atoms with E-state index in [2.05, 4.69) is 47.5 Å². The zero-order chi connectivity index (χ0) is 57.6. The van der Waals surface area contributed by atoms with Crippen LogP contribution in [-0.4, -0.2) is 158 Å². The molecule has 0 spiro atoms. The number of hydrogen-bond acceptors (Lipinski definition) is 15. The Morgan fingerprint density at radius 1 is 0.487 bits per heavy atom. The van der Waals surface area contributed by atoms with Gasteiger partial charge < -0.3 is 85.3 Å². The normalized spacial score (nSPS) is 15.5. The standard InChI is InChI=1S/C50H78N12O14/c1-24(2)20-35(57-41(67)26(5)51)45(71)58-36(21-25(3)4)44(70)56-34(10-9-19-54-50(52)53)43(69)62-39(28(7)63)47(73)55-27(6)42(68)61-40(29(8)64)48(74)59-37(22-30-11-15-32(65)16-12-30)46(72)60-38(49(75)76)23-31-13-17-33(66)18-14-31/h11-18,24-29,34-40,63-66H,9-10,19-23,51H2,1-8H3,(H,55,73)(H,56,70)(H,57,67)(H,58,71)(H,59,74)(H,60,72)(H,61,68)(H,62,69)(H,75,76)(H4,52,53,54)/t26-,27-,28+,29+,34-,35-,36-,37-,38-,39-,40-/m0/s1. The van der Waals surface area contributed by atoms with Crippen LogP contribution in [-0.2, 0) is 56.0 Å². The van der Waals surface area contributed by atoms with Crippen molar-refractivity contribution < 1.29 is 68.7 Å². The van der Waals surface area contributed by atoms with E-state index in [9.17, 15) is 68.7 Å². The van der Waals surface area contributed by atoms with E-state index in [1.807, 2.05) is 13.8 Å². The Bertz CT molecular complexity index is 2310. The topological polar surface area (TPSA) is 441 Å². The van der Waals surface area contributed by atoms with Gasteiger partial charge in [-0.25, -0.2) is 4.79 Å². The molecule has 0 heterocycles. The minimum absolute atomic E-state index is 0.0161. The molecule has 422 valence electrons. The van der Waals surface area contributed by atoms with Crippen LogP contribution in [0.1, 0.15) is 92.2 Å². The van der Waals surface area contributed by atoms with E-state index in [1.54, 1.807) is 13.8 Å². The van der Waals surface area contributed by atoms with Gasteiger partial charge in [0.2, 0.25) is 47.3 Å². The molecule has 0 aliphatic rings. The van der Waals surface area contributed by atoms with Crippen molar-refractivity contribution in [1.82, 2.24) is 42.5 Å². The molecule has 26 nitrogen and oxygen atoms in total. The van der Waals surface area contributed by atoms with Crippen LogP contribution >= 0.6 is 0 Å². The van der Waals surface area contributed by atoms with Crippen molar-refractivity contribution in [3.05, 3.63) is 59.7 Å². The Morgan fingerprint density at radius 3 is 1.28 bits per heavy atom. The first-order valence-electron chi connectivity index (χ1n) is 24.9. The molecule has 26 heteroatoms. The van der Waals surface area contributed by atoms with Crippen molar-refractivity contribution in [1.29, 1.82) is 0 Å². The van der Waals surface area contributed by atoms with E-state index in [-0.39, 0.29) is 74.4 Å². The molecular formula is C50H78N12O14. The summed E-state index contributed by atoms with van der Waals surface area (Å²) in [7, 11) is 0. The van der Waals surface area contributed by atoms with Crippen molar-refractivity contribution >= 4 is 59.2 Å². The number of aliphatic imine (C=N–C) groups is 1. The summed E-state index contributed by atoms with van der Waals surface area (Å²) >= 11 is 0. The number of aliphatic carboxylic acids is 1. The molecule has 76 heavy (non-hydrogen) atoms. The maximum Gasteiger partial charge on any atom is 0.326 e. The quantitative estimate of drug-likeness (QED) is 0.0205. The van der Waals surface area contributed by atoms with Gasteiger partial charge in [-0.05, 0) is 101 Å². The Morgan fingerprint density at radius 2 is 0.855 bits per heavy atom. The Kier molecular flexibility index (Phi) is 26.6. The zero-order valence-corrected chi connectivity index (χ0v) is 44.2. The van der Waals surface area contributed by atoms with Crippen LogP contribution in [0.4, 0.5) is 0 Å². The van der Waals surface area contributed by atoms with Gasteiger partial charge in [0.25, 0.3) is 0 Å². The van der Waals surface area contributed by atoms with Crippen LogP contribution in [0.3, 0.4) is 0 Å². The van der Waals surface area contributed by atoms with Crippen molar-refractivity contribution in [2.75, 3.05) is 6.54 Å². The lowest BCUT2D eigenvalue weighted by molar-refractivity contribution is -0.142. The number of carbonyl (C=O) groups is 9. The Balaban J connectivity index is 2.33. The number of rotatable bonds is 31. The Hall–Kier alpha value is -7.58. The van der Waals surface area contributed by atoms with Gasteiger partial charge in [0, 0.05) is 19.4 Å². The van der Waals surface area contributed by atoms with Crippen LogP contribution in [0.15, 0.2) is 53.5 Å². The van der Waals surface area contributed by atoms with Gasteiger partial charge in [0.1, 0.15) is 59.8 Å². The molecule has 0 radical (unpaired) electrons. The van der Waals surface area contributed by atoms with Gasteiger partial charge >= 0.3 is 5.97 Å². The van der Waals surface area contributed by atoms with E-state index in [1.165, 1.54) is 62.4 Å². The molecule has 0 aliphatic heterocycles. The van der Waals surface area contributed by atoms with E-state index in [4.69, 9.17) is 17.2 Å². The third-order valence-electron chi connectivity index (χ3n) is 11.5. The summed E-state index contributed by atoms with van der Waals surface area (Å²) in [6, 6.07) is -1.62. The fourth-order valence-corrected chi connectivity index (χ4v) is 7.42. The minimum Gasteiger partial charge on any atom is -0.508 e. The van der Waals surface area contributed by atoms with Gasteiger partial charge in [-0.1, -0.05) is 52.0 Å². The number of nitrogens with zero attached hydrogens (tertiary/aromatic N) is 1. The average Bonchev–Trinajstić information content (AvgIpc) is 3.32. The predicted molar refractivity (Wildman–Crippen MR) is 278 cm³/mol. The maximum absolute atomic E-state index is 14.0. The molecule has 0 saturated carbocycles. The first-order valence-corrected chi connectivity index (χ1v) is 24.9. The van der Waals surface area contributed by atoms with E-state index < -0.39 is 120 Å². The van der Waals surface area contributed by atoms with Gasteiger partial charge in [0.05, 0.1) is 18.2 Å². The van der Waals surface area contributed by atoms with Crippen molar-refractivity contribution in [3.63, 3.8) is 0 Å². The second-order valence-electron chi connectivity index (χ2n) is 19.6. The van der Waals surface area contributed by atoms with Crippen LogP contribution in [0, 0.1) is 11.8 Å². The van der Waals surface area contributed by atoms with Crippen molar-refractivity contribution in [3.8, 4) is 11.5 Å². The molecule has 0 fully saturated rings. The summed E-state index contributed by atoms with van der Waals surface area (Å²) in [5.41, 5.74) is 17.5. The SMILES string of the molecule is CC(C)C[C@H](NC(=O)[C@H](C)N)C(=O)N[C@@H](CC(C)C)C(=O)N[C@@H](CCCN=C(N)N)C(=O)N[C@H](C(=O)N[C@@H](C)C(=O)N[C@H](C(=O)N[C@@H](Cc1ccc(O)cc1)C(=O)N[C@@H](Cc1ccc(O)cc1)C(=O)O)[C@@H](C)O)[C@@H](C)O. The summed E-state index contributed by atoms with van der Waals surface area (Å²) in [5, 5.41) is 70.7. The van der Waals surface area contributed by atoms with Gasteiger partial charge in [-0.3, -0.25) is 43.3 Å². The number of guanidine groups is 1. The fraction of sp³-hybridized carbons (Fsp3) is 0.560. The minimum atomic E-state index is -1.79. The first kappa shape index (κ1) is 64.5. The number of nitrogens with two attached hydrogens (primary N) is 3. The van der Waals surface area contributed by atoms with Crippen molar-refractivity contribution in [2.45, 2.75) is 160 Å². The average molecular weight is 1070 g/mol. The number of phenolic OH excluding ortho intramolecular Hbond substituents is 2. The van der Waals surface area contributed by atoms with Crippen LogP contribution in [0.5, 0.6) is 11.5 Å². The monoisotopic (exact) mass is 1070 g/mol. The third-order valence-corrected chi connectivity index (χ3v) is 11.5. The van der Waals surface area contributed by atoms with Gasteiger partial charge in [-0.15, -0.1) is 0 Å². The van der Waals surface area contributed by atoms with Crippen LogP contribution < -0.4 is 59.7 Å². The zero-order valence-electron chi connectivity index (χ0n) is 44.2. The molecule has 19 N–H and O–H groups in total. The summed E-state index contributed by atoms with van der Waals surface area (Å²) in [4.78, 5) is 125. The molecular weight excluding hydrogens is 993 g/mol. The summed E-state index contributed by atoms with van der Waals surface area (Å²) in [6.07, 6.45) is -3.43. The van der Waals surface area contributed by atoms with Crippen LogP contribution in [0.2, 0.25) is 0 Å². The highest BCUT2D eigenvalue weighted by Gasteiger charge is 2.36. The number of nitrogens with one attached hydrogen (secondary N) is 8. The number of carbonyl (C=O) groups excluding carboxylic acids is 8. The van der Waals surface area contributed by atoms with E-state index in [0.717, 1.165) is 13.8 Å². The smallest absolute Gasteiger partial charge is 0.326 e. The molecule has 0 aliphatic carbocycles. The molecule has 0 unspecified atom stereocenters. The van der Waals surface area contributed by atoms with E-state index >= 15 is 0 Å². The summed E-state index contributed by atoms with van der Waals surface area (Å²) in [6.45, 7) is 12.2. The Labute approximate surface area is 441 Å². The molecule has 8 amide bonds. The number of carboxylic acid groups (broad SMARTS) is 1. The summed E-state index contributed by atoms with van der Waals surface area (Å²) in [5.74, 6) is -9.32. The number of carboxylic acids is 1. The molecule has 0 bridgehead atoms. The molecule has 0 saturated heterocycles. The molecule has 2 aromatic rings. The molecule has 11 atom stereocenters. The largest absolute Gasteiger partial charge is 0.508 e. The highest BCUT2D eigenvalue weighted by Crippen LogP contribution is 2.15. The fourth-order valence-electron chi connectivity index (χ4n) is 7.42. The highest BCUT2D eigenvalue weighted by molar-refractivity contribution is 5.98. The first-order chi connectivity index (χ1) is 35.5. The van der Waals surface area contributed by atoms with Gasteiger partial charge in [-0.2, -0.15) is 0 Å². The number of hydrogen-bond donors (Lipinski definition) is 16. The molecule has 0 aromatic heterocycles. The van der Waals surface area contributed by atoms with Crippen molar-refractivity contribution in [2.24, 2.45) is 34.0 Å². The summed E-state index contributed by atoms with van der Waals surface area (Å²) < 4.78 is 0. The van der Waals surface area contributed by atoms with E-state index in [0.29, 0.717) is 11.1 Å². The van der Waals surface area contributed by atoms with Gasteiger partial charge in [0.15, 0.2) is 5.96 Å². The molecule has 2 aromatic carbocycles.